The van der Waals surface area contributed by atoms with Crippen LogP contribution < -0.4 is 11.2 Å². The Morgan fingerprint density at radius 2 is 1.89 bits per heavy atom. The minimum atomic E-state index is -4.45. The molecule has 0 unspecified atom stereocenters. The SMILES string of the molecule is CC(=O)O[C@H]1[C@H](n2c(C#N)cc(=O)[nH]c2=O)O[C@H](COC(=O)c2ccccc2)[C@@]1(C#N)OS(C)(=O)=O. The summed E-state index contributed by atoms with van der Waals surface area (Å²) in [5.74, 6) is -1.89. The van der Waals surface area contributed by atoms with Gasteiger partial charge in [-0.2, -0.15) is 18.9 Å². The molecule has 1 aliphatic heterocycles. The molecule has 0 aliphatic carbocycles. The molecular weight excluding hydrogens is 500 g/mol. The first-order valence-corrected chi connectivity index (χ1v) is 11.9. The van der Waals surface area contributed by atoms with E-state index in [9.17, 15) is 38.1 Å². The summed E-state index contributed by atoms with van der Waals surface area (Å²) in [5.41, 5.74) is -5.21. The number of rotatable bonds is 7. The highest BCUT2D eigenvalue weighted by molar-refractivity contribution is 7.86. The Morgan fingerprint density at radius 3 is 2.44 bits per heavy atom. The third kappa shape index (κ3) is 5.33. The van der Waals surface area contributed by atoms with Crippen molar-refractivity contribution in [2.24, 2.45) is 0 Å². The van der Waals surface area contributed by atoms with E-state index in [4.69, 9.17) is 18.4 Å². The molecule has 3 rings (SSSR count). The number of aromatic nitrogens is 2. The number of ether oxygens (including phenoxy) is 3. The fourth-order valence-corrected chi connectivity index (χ4v) is 4.32. The predicted molar refractivity (Wildman–Crippen MR) is 116 cm³/mol. The second-order valence-corrected chi connectivity index (χ2v) is 9.08. The quantitative estimate of drug-likeness (QED) is 0.358. The molecule has 0 saturated carbocycles. The molecule has 2 heterocycles. The van der Waals surface area contributed by atoms with Gasteiger partial charge in [0.1, 0.15) is 30.5 Å². The highest BCUT2D eigenvalue weighted by atomic mass is 32.2. The molecule has 1 aromatic heterocycles. The van der Waals surface area contributed by atoms with E-state index in [0.29, 0.717) is 10.8 Å². The number of benzene rings is 1. The average molecular weight is 518 g/mol. The van der Waals surface area contributed by atoms with Gasteiger partial charge in [-0.15, -0.1) is 0 Å². The van der Waals surface area contributed by atoms with E-state index in [1.54, 1.807) is 30.3 Å². The molecule has 14 nitrogen and oxygen atoms in total. The Balaban J connectivity index is 2.14. The average Bonchev–Trinajstić information content (AvgIpc) is 3.08. The van der Waals surface area contributed by atoms with Crippen LogP contribution in [0.1, 0.15) is 29.2 Å². The molecule has 1 aromatic carbocycles. The van der Waals surface area contributed by atoms with Crippen LogP contribution in [0.15, 0.2) is 46.0 Å². The van der Waals surface area contributed by atoms with Crippen molar-refractivity contribution in [1.82, 2.24) is 9.55 Å². The second-order valence-electron chi connectivity index (χ2n) is 7.51. The largest absolute Gasteiger partial charge is 0.459 e. The van der Waals surface area contributed by atoms with Crippen molar-refractivity contribution in [2.45, 2.75) is 31.0 Å². The van der Waals surface area contributed by atoms with Crippen LogP contribution in [-0.2, 0) is 33.3 Å². The number of carbonyl (C=O) groups excluding carboxylic acids is 2. The minimum absolute atomic E-state index is 0.124. The van der Waals surface area contributed by atoms with Gasteiger partial charge >= 0.3 is 17.6 Å². The number of hydrogen-bond donors (Lipinski definition) is 1. The molecule has 1 fully saturated rings. The van der Waals surface area contributed by atoms with Crippen LogP contribution in [0.3, 0.4) is 0 Å². The lowest BCUT2D eigenvalue weighted by Crippen LogP contribution is -2.53. The van der Waals surface area contributed by atoms with Crippen LogP contribution in [0.4, 0.5) is 0 Å². The van der Waals surface area contributed by atoms with Gasteiger partial charge in [-0.05, 0) is 12.1 Å². The van der Waals surface area contributed by atoms with E-state index in [2.05, 4.69) is 0 Å². The summed E-state index contributed by atoms with van der Waals surface area (Å²) < 4.78 is 45.9. The molecule has 188 valence electrons. The Labute approximate surface area is 203 Å². The molecule has 0 radical (unpaired) electrons. The van der Waals surface area contributed by atoms with Crippen LogP contribution in [0, 0.1) is 22.7 Å². The Bertz CT molecular complexity index is 1490. The summed E-state index contributed by atoms with van der Waals surface area (Å²) in [6.45, 7) is 0.147. The number of nitrogens with zero attached hydrogens (tertiary/aromatic N) is 3. The molecule has 2 aromatic rings. The molecule has 1 aliphatic rings. The maximum Gasteiger partial charge on any atom is 0.338 e. The highest BCUT2D eigenvalue weighted by Crippen LogP contribution is 2.42. The molecule has 1 saturated heterocycles. The number of esters is 2. The number of hydrogen-bond acceptors (Lipinski definition) is 12. The van der Waals surface area contributed by atoms with Crippen molar-refractivity contribution in [1.29, 1.82) is 10.5 Å². The maximum atomic E-state index is 12.6. The lowest BCUT2D eigenvalue weighted by molar-refractivity contribution is -0.158. The van der Waals surface area contributed by atoms with Crippen LogP contribution in [0.2, 0.25) is 0 Å². The molecule has 0 amide bonds. The third-order valence-corrected chi connectivity index (χ3v) is 5.52. The van der Waals surface area contributed by atoms with E-state index in [0.717, 1.165) is 13.0 Å². The van der Waals surface area contributed by atoms with E-state index in [1.165, 1.54) is 12.1 Å². The standard InChI is InChI=1S/C21H18N4O10S/c1-12(26)33-17-18(25-14(9-22)8-16(27)24-20(25)29)34-15(21(17,11-23)35-36(2,30)31)10-32-19(28)13-6-4-3-5-7-13/h3-8,15,17-18H,10H2,1-2H3,(H,24,27,29)/t15-,17+,18-,21-/m1/s1. The summed E-state index contributed by atoms with van der Waals surface area (Å²) in [7, 11) is -4.45. The first kappa shape index (κ1) is 26.3. The van der Waals surface area contributed by atoms with Gasteiger partial charge in [0.15, 0.2) is 12.3 Å². The molecular formula is C21H18N4O10S. The fourth-order valence-electron chi connectivity index (χ4n) is 3.58. The smallest absolute Gasteiger partial charge is 0.338 e. The normalized spacial score (nSPS) is 23.3. The summed E-state index contributed by atoms with van der Waals surface area (Å²) in [5, 5.41) is 19.5. The molecule has 0 spiro atoms. The zero-order valence-corrected chi connectivity index (χ0v) is 19.6. The van der Waals surface area contributed by atoms with Gasteiger partial charge in [0.25, 0.3) is 15.7 Å². The number of aromatic amines is 1. The number of nitriles is 2. The van der Waals surface area contributed by atoms with E-state index >= 15 is 0 Å². The van der Waals surface area contributed by atoms with E-state index in [1.807, 2.05) is 4.98 Å². The number of H-pyrrole nitrogens is 1. The van der Waals surface area contributed by atoms with Gasteiger partial charge in [0.05, 0.1) is 11.8 Å². The summed E-state index contributed by atoms with van der Waals surface area (Å²) >= 11 is 0. The Kier molecular flexibility index (Phi) is 7.40. The van der Waals surface area contributed by atoms with Crippen LogP contribution in [0.5, 0.6) is 0 Å². The lowest BCUT2D eigenvalue weighted by atomic mass is 9.93. The van der Waals surface area contributed by atoms with Gasteiger partial charge in [-0.25, -0.2) is 13.8 Å². The van der Waals surface area contributed by atoms with Gasteiger partial charge in [0, 0.05) is 13.0 Å². The molecule has 15 heteroatoms. The van der Waals surface area contributed by atoms with Crippen LogP contribution >= 0.6 is 0 Å². The lowest BCUT2D eigenvalue weighted by Gasteiger charge is -2.30. The van der Waals surface area contributed by atoms with Gasteiger partial charge in [-0.1, -0.05) is 18.2 Å². The van der Waals surface area contributed by atoms with Crippen molar-refractivity contribution in [3.8, 4) is 12.1 Å². The van der Waals surface area contributed by atoms with Crippen molar-refractivity contribution in [2.75, 3.05) is 12.9 Å². The van der Waals surface area contributed by atoms with Gasteiger partial charge in [0.2, 0.25) is 5.60 Å². The van der Waals surface area contributed by atoms with E-state index < -0.39 is 69.6 Å². The van der Waals surface area contributed by atoms with Crippen molar-refractivity contribution in [3.63, 3.8) is 0 Å². The number of nitrogens with one attached hydrogen (secondary N) is 1. The van der Waals surface area contributed by atoms with E-state index in [-0.39, 0.29) is 5.56 Å². The summed E-state index contributed by atoms with van der Waals surface area (Å²) in [6, 6.07) is 11.6. The zero-order chi connectivity index (χ0) is 26.7. The van der Waals surface area contributed by atoms with Crippen molar-refractivity contribution >= 4 is 22.1 Å². The summed E-state index contributed by atoms with van der Waals surface area (Å²) in [6.07, 6.45) is -4.94. The first-order valence-electron chi connectivity index (χ1n) is 10.0. The minimum Gasteiger partial charge on any atom is -0.459 e. The third-order valence-electron chi connectivity index (χ3n) is 4.94. The van der Waals surface area contributed by atoms with Crippen molar-refractivity contribution < 1.29 is 36.4 Å². The van der Waals surface area contributed by atoms with Crippen molar-refractivity contribution in [3.05, 3.63) is 68.5 Å². The molecule has 0 bridgehead atoms. The predicted octanol–water partition coefficient (Wildman–Crippen LogP) is -0.667. The number of carbonyl (C=O) groups is 2. The first-order chi connectivity index (χ1) is 16.9. The zero-order valence-electron chi connectivity index (χ0n) is 18.7. The molecule has 36 heavy (non-hydrogen) atoms. The summed E-state index contributed by atoms with van der Waals surface area (Å²) in [4.78, 5) is 50.5. The monoisotopic (exact) mass is 518 g/mol. The van der Waals surface area contributed by atoms with Gasteiger partial charge in [-0.3, -0.25) is 19.1 Å². The highest BCUT2D eigenvalue weighted by Gasteiger charge is 2.64. The molecule has 4 atom stereocenters. The second kappa shape index (κ2) is 10.1. The van der Waals surface area contributed by atoms with Crippen LogP contribution in [-0.4, -0.2) is 60.6 Å². The topological polar surface area (TPSA) is 208 Å². The van der Waals surface area contributed by atoms with Gasteiger partial charge < -0.3 is 14.2 Å². The fraction of sp³-hybridized carbons (Fsp3) is 0.333. The Morgan fingerprint density at radius 1 is 1.22 bits per heavy atom. The van der Waals surface area contributed by atoms with Crippen LogP contribution in [0.25, 0.3) is 0 Å². The Hall–Kier alpha value is -4.31. The maximum absolute atomic E-state index is 12.6. The molecule has 1 N–H and O–H groups in total.